The van der Waals surface area contributed by atoms with Crippen LogP contribution in [-0.4, -0.2) is 11.8 Å². The third-order valence-electron chi connectivity index (χ3n) is 3.35. The van der Waals surface area contributed by atoms with Gasteiger partial charge >= 0.3 is 0 Å². The quantitative estimate of drug-likeness (QED) is 0.659. The van der Waals surface area contributed by atoms with Crippen LogP contribution in [0.3, 0.4) is 0 Å². The number of hydroxylamine groups is 1. The summed E-state index contributed by atoms with van der Waals surface area (Å²) in [5.74, 6) is -0.501. The minimum Gasteiger partial charge on any atom is -0.459 e. The number of benzene rings is 1. The predicted molar refractivity (Wildman–Crippen MR) is 94.4 cm³/mol. The third-order valence-corrected chi connectivity index (χ3v) is 4.50. The number of carbonyl (C=O) groups is 2. The van der Waals surface area contributed by atoms with Crippen molar-refractivity contribution in [2.75, 3.05) is 5.32 Å². The van der Waals surface area contributed by atoms with E-state index in [1.54, 1.807) is 25.1 Å². The fourth-order valence-electron chi connectivity index (χ4n) is 2.16. The van der Waals surface area contributed by atoms with Crippen molar-refractivity contribution in [3.05, 3.63) is 76.6 Å². The van der Waals surface area contributed by atoms with Crippen LogP contribution in [-0.2, 0) is 11.4 Å². The van der Waals surface area contributed by atoms with E-state index in [4.69, 9.17) is 9.25 Å². The molecule has 3 rings (SSSR count). The van der Waals surface area contributed by atoms with Crippen LogP contribution in [0.15, 0.2) is 59.2 Å². The molecule has 0 fully saturated rings. The summed E-state index contributed by atoms with van der Waals surface area (Å²) in [6.45, 7) is 2.07. The Morgan fingerprint density at radius 3 is 2.64 bits per heavy atom. The van der Waals surface area contributed by atoms with Gasteiger partial charge in [-0.15, -0.1) is 11.3 Å². The fourth-order valence-corrected chi connectivity index (χ4v) is 3.11. The Hall–Kier alpha value is -2.90. The van der Waals surface area contributed by atoms with E-state index >= 15 is 0 Å². The standard InChI is InChI=1S/C18H16N2O4S/c1-12-10-15(19-17(21)14-8-5-9-23-14)25-16(12)18(22)20-24-11-13-6-3-2-4-7-13/h2-10H,11H2,1H3,(H,19,21)(H,20,22). The number of nitrogens with one attached hydrogen (secondary N) is 2. The summed E-state index contributed by atoms with van der Waals surface area (Å²) < 4.78 is 5.04. The zero-order chi connectivity index (χ0) is 17.6. The van der Waals surface area contributed by atoms with Crippen molar-refractivity contribution in [3.63, 3.8) is 0 Å². The maximum atomic E-state index is 12.2. The number of hydrogen-bond donors (Lipinski definition) is 2. The second-order valence-corrected chi connectivity index (χ2v) is 6.31. The maximum Gasteiger partial charge on any atom is 0.291 e. The van der Waals surface area contributed by atoms with E-state index in [-0.39, 0.29) is 24.2 Å². The number of furan rings is 1. The Morgan fingerprint density at radius 1 is 1.12 bits per heavy atom. The van der Waals surface area contributed by atoms with Crippen molar-refractivity contribution < 1.29 is 18.8 Å². The first-order valence-corrected chi connectivity index (χ1v) is 8.36. The molecule has 0 aliphatic rings. The second-order valence-electron chi connectivity index (χ2n) is 5.26. The Kier molecular flexibility index (Phi) is 5.27. The molecule has 0 unspecified atom stereocenters. The van der Waals surface area contributed by atoms with Gasteiger partial charge in [-0.05, 0) is 36.2 Å². The largest absolute Gasteiger partial charge is 0.459 e. The van der Waals surface area contributed by atoms with E-state index in [9.17, 15) is 9.59 Å². The molecule has 0 atom stereocenters. The Morgan fingerprint density at radius 2 is 1.92 bits per heavy atom. The first-order valence-electron chi connectivity index (χ1n) is 7.55. The average molecular weight is 356 g/mol. The highest BCUT2D eigenvalue weighted by molar-refractivity contribution is 7.18. The number of anilines is 1. The highest BCUT2D eigenvalue weighted by Crippen LogP contribution is 2.27. The smallest absolute Gasteiger partial charge is 0.291 e. The van der Waals surface area contributed by atoms with E-state index in [1.165, 1.54) is 17.6 Å². The summed E-state index contributed by atoms with van der Waals surface area (Å²) in [5, 5.41) is 3.27. The molecule has 128 valence electrons. The minimum atomic E-state index is -0.362. The summed E-state index contributed by atoms with van der Waals surface area (Å²) >= 11 is 1.17. The lowest BCUT2D eigenvalue weighted by molar-refractivity contribution is 0.0236. The summed E-state index contributed by atoms with van der Waals surface area (Å²) in [5.41, 5.74) is 4.13. The second kappa shape index (κ2) is 7.78. The molecule has 0 radical (unpaired) electrons. The molecular formula is C18H16N2O4S. The predicted octanol–water partition coefficient (Wildman–Crippen LogP) is 3.76. The highest BCUT2D eigenvalue weighted by atomic mass is 32.1. The van der Waals surface area contributed by atoms with Gasteiger partial charge in [-0.2, -0.15) is 0 Å². The lowest BCUT2D eigenvalue weighted by Gasteiger charge is -2.05. The normalized spacial score (nSPS) is 10.4. The van der Waals surface area contributed by atoms with Crippen LogP contribution < -0.4 is 10.8 Å². The van der Waals surface area contributed by atoms with Crippen molar-refractivity contribution in [2.45, 2.75) is 13.5 Å². The van der Waals surface area contributed by atoms with Crippen LogP contribution in [0.4, 0.5) is 5.00 Å². The average Bonchev–Trinajstić information content (AvgIpc) is 3.25. The Labute approximate surface area is 148 Å². The lowest BCUT2D eigenvalue weighted by Crippen LogP contribution is -2.23. The van der Waals surface area contributed by atoms with Gasteiger partial charge in [0.05, 0.1) is 22.7 Å². The van der Waals surface area contributed by atoms with Crippen LogP contribution >= 0.6 is 11.3 Å². The van der Waals surface area contributed by atoms with Gasteiger partial charge in [0.2, 0.25) is 0 Å². The zero-order valence-electron chi connectivity index (χ0n) is 13.4. The Bertz CT molecular complexity index is 857. The molecule has 0 bridgehead atoms. The van der Waals surface area contributed by atoms with Crippen LogP contribution in [0, 0.1) is 6.92 Å². The van der Waals surface area contributed by atoms with Crippen LogP contribution in [0.5, 0.6) is 0 Å². The van der Waals surface area contributed by atoms with Crippen molar-refractivity contribution in [3.8, 4) is 0 Å². The lowest BCUT2D eigenvalue weighted by atomic mass is 10.2. The van der Waals surface area contributed by atoms with Gasteiger partial charge in [0, 0.05) is 0 Å². The summed E-state index contributed by atoms with van der Waals surface area (Å²) in [6.07, 6.45) is 1.43. The molecule has 0 aliphatic carbocycles. The van der Waals surface area contributed by atoms with Crippen molar-refractivity contribution in [1.29, 1.82) is 0 Å². The molecule has 25 heavy (non-hydrogen) atoms. The molecule has 2 aromatic heterocycles. The third kappa shape index (κ3) is 4.34. The molecule has 1 aromatic carbocycles. The molecule has 3 aromatic rings. The number of hydrogen-bond acceptors (Lipinski definition) is 5. The van der Waals surface area contributed by atoms with Gasteiger partial charge in [0.15, 0.2) is 5.76 Å². The van der Waals surface area contributed by atoms with Crippen molar-refractivity contribution in [2.24, 2.45) is 0 Å². The van der Waals surface area contributed by atoms with Gasteiger partial charge < -0.3 is 9.73 Å². The number of thiophene rings is 1. The summed E-state index contributed by atoms with van der Waals surface area (Å²) in [4.78, 5) is 29.9. The molecular weight excluding hydrogens is 340 g/mol. The molecule has 0 aliphatic heterocycles. The van der Waals surface area contributed by atoms with Crippen LogP contribution in [0.25, 0.3) is 0 Å². The van der Waals surface area contributed by atoms with E-state index in [2.05, 4.69) is 10.8 Å². The molecule has 2 N–H and O–H groups in total. The number of amides is 2. The summed E-state index contributed by atoms with van der Waals surface area (Å²) in [6, 6.07) is 14.5. The van der Waals surface area contributed by atoms with Gasteiger partial charge in [0.25, 0.3) is 11.8 Å². The van der Waals surface area contributed by atoms with Gasteiger partial charge in [-0.1, -0.05) is 30.3 Å². The van der Waals surface area contributed by atoms with E-state index in [1.807, 2.05) is 30.3 Å². The fraction of sp³-hybridized carbons (Fsp3) is 0.111. The minimum absolute atomic E-state index is 0.211. The first kappa shape index (κ1) is 16.9. The number of rotatable bonds is 6. The van der Waals surface area contributed by atoms with Crippen LogP contribution in [0.2, 0.25) is 0 Å². The van der Waals surface area contributed by atoms with Gasteiger partial charge in [0.1, 0.15) is 0 Å². The van der Waals surface area contributed by atoms with Crippen LogP contribution in [0.1, 0.15) is 31.4 Å². The van der Waals surface area contributed by atoms with Gasteiger partial charge in [-0.3, -0.25) is 14.4 Å². The topological polar surface area (TPSA) is 80.6 Å². The van der Waals surface area contributed by atoms with E-state index in [0.717, 1.165) is 11.1 Å². The first-order chi connectivity index (χ1) is 12.1. The van der Waals surface area contributed by atoms with E-state index < -0.39 is 0 Å². The molecule has 0 saturated carbocycles. The summed E-state index contributed by atoms with van der Waals surface area (Å²) in [7, 11) is 0. The molecule has 2 amide bonds. The number of carbonyl (C=O) groups excluding carboxylic acids is 2. The van der Waals surface area contributed by atoms with Gasteiger partial charge in [-0.25, -0.2) is 5.48 Å². The number of aryl methyl sites for hydroxylation is 1. The monoisotopic (exact) mass is 356 g/mol. The maximum absolute atomic E-state index is 12.2. The molecule has 7 heteroatoms. The zero-order valence-corrected chi connectivity index (χ0v) is 14.3. The SMILES string of the molecule is Cc1cc(NC(=O)c2ccco2)sc1C(=O)NOCc1ccccc1. The molecule has 2 heterocycles. The Balaban J connectivity index is 1.57. The molecule has 0 saturated heterocycles. The molecule has 0 spiro atoms. The molecule has 6 nitrogen and oxygen atoms in total. The highest BCUT2D eigenvalue weighted by Gasteiger charge is 2.16. The van der Waals surface area contributed by atoms with Crippen molar-refractivity contribution >= 4 is 28.2 Å². The van der Waals surface area contributed by atoms with E-state index in [0.29, 0.717) is 9.88 Å². The van der Waals surface area contributed by atoms with Crippen molar-refractivity contribution in [1.82, 2.24) is 5.48 Å².